The first-order valence-corrected chi connectivity index (χ1v) is 13.7. The summed E-state index contributed by atoms with van der Waals surface area (Å²) in [5, 5.41) is 10.5. The molecule has 1 unspecified atom stereocenters. The van der Waals surface area contributed by atoms with E-state index >= 15 is 0 Å². The number of nitrogens with one attached hydrogen (secondary N) is 2. The summed E-state index contributed by atoms with van der Waals surface area (Å²) >= 11 is 6.24. The Hall–Kier alpha value is -4.69. The number of Topliss-reactive ketones (excluding diaryl/α,β-unsaturated/α-hetero) is 1. The maximum atomic E-state index is 13.5. The average molecular weight is 567 g/mol. The number of carbonyl (C=O) groups excluding carboxylic acids is 1. The number of para-hydroxylation sites is 1. The fourth-order valence-corrected chi connectivity index (χ4v) is 6.22. The van der Waals surface area contributed by atoms with Gasteiger partial charge >= 0.3 is 0 Å². The first-order chi connectivity index (χ1) is 20.0. The lowest BCUT2D eigenvalue weighted by atomic mass is 9.80. The first kappa shape index (κ1) is 25.3. The van der Waals surface area contributed by atoms with E-state index in [9.17, 15) is 4.79 Å². The van der Waals surface area contributed by atoms with Crippen LogP contribution in [0.3, 0.4) is 0 Å². The van der Waals surface area contributed by atoms with E-state index < -0.39 is 5.92 Å². The molecule has 1 atom stereocenters. The van der Waals surface area contributed by atoms with Crippen molar-refractivity contribution in [3.8, 4) is 34.2 Å². The fraction of sp³-hybridized carbons (Fsp3) is 0.188. The topological polar surface area (TPSA) is 90.4 Å². The molecule has 206 valence electrons. The lowest BCUT2D eigenvalue weighted by Crippen LogP contribution is -2.20. The molecule has 0 saturated carbocycles. The highest BCUT2D eigenvalue weighted by atomic mass is 35.5. The third-order valence-corrected chi connectivity index (χ3v) is 8.18. The zero-order valence-corrected chi connectivity index (χ0v) is 23.5. The Bertz CT molecular complexity index is 1840. The van der Waals surface area contributed by atoms with Crippen molar-refractivity contribution in [3.05, 3.63) is 94.3 Å². The number of nitrogens with zero attached hydrogens (tertiary/aromatic N) is 2. The molecule has 7 rings (SSSR count). The Morgan fingerprint density at radius 1 is 0.951 bits per heavy atom. The third-order valence-electron chi connectivity index (χ3n) is 7.93. The minimum absolute atomic E-state index is 0.112. The number of hydrogen-bond donors (Lipinski definition) is 2. The van der Waals surface area contributed by atoms with Crippen LogP contribution in [0.1, 0.15) is 29.9 Å². The minimum atomic E-state index is -0.422. The number of halogens is 1. The van der Waals surface area contributed by atoms with Gasteiger partial charge in [-0.2, -0.15) is 5.10 Å². The molecular formula is C32H27ClN4O4. The number of ether oxygens (including phenoxy) is 3. The van der Waals surface area contributed by atoms with Crippen LogP contribution in [-0.2, 0) is 4.79 Å². The first-order valence-electron chi connectivity index (χ1n) is 13.3. The number of H-pyrrole nitrogens is 1. The zero-order chi connectivity index (χ0) is 28.2. The Morgan fingerprint density at radius 2 is 1.68 bits per heavy atom. The quantitative estimate of drug-likeness (QED) is 0.233. The fourth-order valence-electron chi connectivity index (χ4n) is 6.09. The molecule has 2 aromatic heterocycles. The molecule has 2 aliphatic rings. The van der Waals surface area contributed by atoms with Crippen molar-refractivity contribution in [2.45, 2.75) is 18.8 Å². The van der Waals surface area contributed by atoms with Crippen molar-refractivity contribution >= 4 is 34.1 Å². The molecule has 0 saturated heterocycles. The monoisotopic (exact) mass is 566 g/mol. The Balaban J connectivity index is 1.56. The van der Waals surface area contributed by atoms with Gasteiger partial charge in [0.1, 0.15) is 11.5 Å². The SMILES string of the molecule is COc1cc(C2C3=C(CCC3=O)Nc3c2c(-c2c[nH]c4ccccc24)nn3-c2ccc(Cl)cc2)cc(OC)c1OC. The van der Waals surface area contributed by atoms with Crippen LogP contribution >= 0.6 is 11.6 Å². The van der Waals surface area contributed by atoms with Gasteiger partial charge in [0, 0.05) is 56.9 Å². The number of anilines is 1. The lowest BCUT2D eigenvalue weighted by molar-refractivity contribution is -0.115. The summed E-state index contributed by atoms with van der Waals surface area (Å²) in [5.41, 5.74) is 6.95. The van der Waals surface area contributed by atoms with Crippen LogP contribution in [0.5, 0.6) is 17.2 Å². The van der Waals surface area contributed by atoms with Gasteiger partial charge in [-0.15, -0.1) is 0 Å². The molecule has 3 heterocycles. The molecule has 41 heavy (non-hydrogen) atoms. The number of benzene rings is 3. The van der Waals surface area contributed by atoms with Gasteiger partial charge in [0.25, 0.3) is 0 Å². The molecule has 3 aromatic carbocycles. The minimum Gasteiger partial charge on any atom is -0.493 e. The number of hydrogen-bond acceptors (Lipinski definition) is 6. The highest BCUT2D eigenvalue weighted by Gasteiger charge is 2.42. The van der Waals surface area contributed by atoms with Crippen LogP contribution in [0.4, 0.5) is 5.82 Å². The van der Waals surface area contributed by atoms with Gasteiger partial charge in [0.05, 0.1) is 27.0 Å². The Labute approximate surface area is 241 Å². The van der Waals surface area contributed by atoms with E-state index in [2.05, 4.69) is 16.4 Å². The Kier molecular flexibility index (Phi) is 6.01. The molecule has 0 bridgehead atoms. The van der Waals surface area contributed by atoms with E-state index in [0.29, 0.717) is 35.1 Å². The molecule has 0 spiro atoms. The number of methoxy groups -OCH3 is 3. The van der Waals surface area contributed by atoms with Crippen LogP contribution in [0.2, 0.25) is 5.02 Å². The molecule has 5 aromatic rings. The van der Waals surface area contributed by atoms with Crippen molar-refractivity contribution in [1.29, 1.82) is 0 Å². The second kappa shape index (κ2) is 9.74. The van der Waals surface area contributed by atoms with Crippen LogP contribution in [0.15, 0.2) is 78.1 Å². The van der Waals surface area contributed by atoms with E-state index in [0.717, 1.165) is 56.1 Å². The van der Waals surface area contributed by atoms with E-state index in [1.54, 1.807) is 21.3 Å². The standard InChI is InChI=1S/C32H27ClN4O4/c1-39-25-14-17(15-26(40-2)31(25)41-3)27-28-23(12-13-24(28)38)35-32-29(27)30(21-16-34-22-7-5-4-6-20(21)22)36-37(32)19-10-8-18(33)9-11-19/h4-11,14-16,27,34-35H,12-13H2,1-3H3. The smallest absolute Gasteiger partial charge is 0.203 e. The highest BCUT2D eigenvalue weighted by molar-refractivity contribution is 6.30. The summed E-state index contributed by atoms with van der Waals surface area (Å²) < 4.78 is 19.0. The molecule has 2 N–H and O–H groups in total. The molecule has 8 nitrogen and oxygen atoms in total. The molecule has 0 amide bonds. The number of aromatic amines is 1. The Morgan fingerprint density at radius 3 is 2.39 bits per heavy atom. The largest absolute Gasteiger partial charge is 0.493 e. The van der Waals surface area contributed by atoms with Crippen molar-refractivity contribution in [2.24, 2.45) is 0 Å². The van der Waals surface area contributed by atoms with E-state index in [1.807, 2.05) is 65.5 Å². The van der Waals surface area contributed by atoms with Gasteiger partial charge in [0.2, 0.25) is 5.75 Å². The molecule has 0 radical (unpaired) electrons. The van der Waals surface area contributed by atoms with Gasteiger partial charge in [0.15, 0.2) is 17.3 Å². The van der Waals surface area contributed by atoms with Crippen molar-refractivity contribution in [2.75, 3.05) is 26.6 Å². The number of aromatic nitrogens is 3. The summed E-state index contributed by atoms with van der Waals surface area (Å²) in [6.45, 7) is 0. The number of fused-ring (bicyclic) bond motifs is 2. The summed E-state index contributed by atoms with van der Waals surface area (Å²) in [5.74, 6) is 2.03. The van der Waals surface area contributed by atoms with Crippen LogP contribution in [0.25, 0.3) is 27.8 Å². The number of allylic oxidation sites excluding steroid dienone is 2. The van der Waals surface area contributed by atoms with Gasteiger partial charge in [-0.1, -0.05) is 29.8 Å². The second-order valence-corrected chi connectivity index (χ2v) is 10.5. The number of ketones is 1. The maximum Gasteiger partial charge on any atom is 0.203 e. The zero-order valence-electron chi connectivity index (χ0n) is 22.7. The van der Waals surface area contributed by atoms with Crippen molar-refractivity contribution < 1.29 is 19.0 Å². The summed E-state index contributed by atoms with van der Waals surface area (Å²) in [4.78, 5) is 16.9. The lowest BCUT2D eigenvalue weighted by Gasteiger charge is -2.28. The van der Waals surface area contributed by atoms with Gasteiger partial charge in [-0.25, -0.2) is 4.68 Å². The normalized spacial score (nSPS) is 16.0. The third kappa shape index (κ3) is 3.89. The van der Waals surface area contributed by atoms with Gasteiger partial charge in [-0.3, -0.25) is 4.79 Å². The molecule has 1 aliphatic carbocycles. The molecule has 9 heteroatoms. The van der Waals surface area contributed by atoms with Crippen LogP contribution in [-0.4, -0.2) is 41.9 Å². The average Bonchev–Trinajstić information content (AvgIpc) is 3.71. The van der Waals surface area contributed by atoms with Crippen molar-refractivity contribution in [1.82, 2.24) is 14.8 Å². The van der Waals surface area contributed by atoms with Crippen LogP contribution in [0, 0.1) is 0 Å². The van der Waals surface area contributed by atoms with Gasteiger partial charge in [-0.05, 0) is 54.4 Å². The highest BCUT2D eigenvalue weighted by Crippen LogP contribution is 2.53. The number of carbonyl (C=O) groups is 1. The predicted molar refractivity (Wildman–Crippen MR) is 159 cm³/mol. The summed E-state index contributed by atoms with van der Waals surface area (Å²) in [6.07, 6.45) is 3.05. The van der Waals surface area contributed by atoms with E-state index in [1.165, 1.54) is 0 Å². The molecule has 0 fully saturated rings. The van der Waals surface area contributed by atoms with Gasteiger partial charge < -0.3 is 24.5 Å². The van der Waals surface area contributed by atoms with E-state index in [4.69, 9.17) is 30.9 Å². The molecule has 1 aliphatic heterocycles. The summed E-state index contributed by atoms with van der Waals surface area (Å²) in [6, 6.07) is 19.5. The maximum absolute atomic E-state index is 13.5. The predicted octanol–water partition coefficient (Wildman–Crippen LogP) is 6.87. The summed E-state index contributed by atoms with van der Waals surface area (Å²) in [7, 11) is 4.77. The van der Waals surface area contributed by atoms with Crippen molar-refractivity contribution in [3.63, 3.8) is 0 Å². The molecular weight excluding hydrogens is 540 g/mol. The van der Waals surface area contributed by atoms with Crippen LogP contribution < -0.4 is 19.5 Å². The second-order valence-electron chi connectivity index (χ2n) is 10.1. The van der Waals surface area contributed by atoms with E-state index in [-0.39, 0.29) is 5.78 Å². The number of rotatable bonds is 6.